The number of nitrogen functional groups attached to an aromatic ring is 1. The average molecular weight is 369 g/mol. The fourth-order valence-electron chi connectivity index (χ4n) is 1.86. The van der Waals surface area contributed by atoms with Gasteiger partial charge in [0.25, 0.3) is 0 Å². The molecule has 2 N–H and O–H groups in total. The zero-order valence-corrected chi connectivity index (χ0v) is 12.8. The van der Waals surface area contributed by atoms with Crippen molar-refractivity contribution < 1.29 is 4.39 Å². The molecular formula is C13H8BrClFN5. The molecule has 0 atom stereocenters. The summed E-state index contributed by atoms with van der Waals surface area (Å²) in [6.07, 6.45) is 0. The van der Waals surface area contributed by atoms with E-state index in [9.17, 15) is 4.39 Å². The van der Waals surface area contributed by atoms with E-state index in [1.807, 2.05) is 0 Å². The van der Waals surface area contributed by atoms with Gasteiger partial charge >= 0.3 is 0 Å². The van der Waals surface area contributed by atoms with Gasteiger partial charge in [-0.25, -0.2) is 4.39 Å². The van der Waals surface area contributed by atoms with E-state index in [-0.39, 0.29) is 5.02 Å². The van der Waals surface area contributed by atoms with Crippen molar-refractivity contribution in [1.29, 1.82) is 0 Å². The summed E-state index contributed by atoms with van der Waals surface area (Å²) in [6, 6.07) is 9.63. The van der Waals surface area contributed by atoms with Crippen LogP contribution in [0.2, 0.25) is 5.02 Å². The van der Waals surface area contributed by atoms with E-state index in [2.05, 4.69) is 31.5 Å². The van der Waals surface area contributed by atoms with Crippen LogP contribution in [0.4, 0.5) is 10.1 Å². The van der Waals surface area contributed by atoms with Gasteiger partial charge in [0.15, 0.2) is 5.82 Å². The van der Waals surface area contributed by atoms with Gasteiger partial charge in [-0.3, -0.25) is 0 Å². The zero-order valence-electron chi connectivity index (χ0n) is 10.5. The minimum absolute atomic E-state index is 0.0403. The quantitative estimate of drug-likeness (QED) is 0.703. The second-order valence-corrected chi connectivity index (χ2v) is 5.51. The molecule has 1 aromatic heterocycles. The average Bonchev–Trinajstić information content (AvgIpc) is 2.93. The Labute approximate surface area is 132 Å². The maximum Gasteiger partial charge on any atom is 0.188 e. The summed E-state index contributed by atoms with van der Waals surface area (Å²) in [5.41, 5.74) is 7.53. The largest absolute Gasteiger partial charge is 0.399 e. The number of benzene rings is 2. The first-order chi connectivity index (χ1) is 10.1. The van der Waals surface area contributed by atoms with Gasteiger partial charge in [0.05, 0.1) is 10.7 Å². The lowest BCUT2D eigenvalue weighted by Gasteiger charge is -2.07. The molecule has 0 unspecified atom stereocenters. The third-order valence-corrected chi connectivity index (χ3v) is 3.85. The number of nitrogens with two attached hydrogens (primary N) is 1. The summed E-state index contributed by atoms with van der Waals surface area (Å²) < 4.78 is 15.8. The fourth-order valence-corrected chi connectivity index (χ4v) is 2.40. The molecule has 3 aromatic rings. The second kappa shape index (κ2) is 5.42. The van der Waals surface area contributed by atoms with Crippen LogP contribution in [0.5, 0.6) is 0 Å². The molecule has 0 aliphatic heterocycles. The molecule has 3 rings (SSSR count). The number of rotatable bonds is 2. The van der Waals surface area contributed by atoms with Crippen LogP contribution in [0.1, 0.15) is 0 Å². The van der Waals surface area contributed by atoms with Gasteiger partial charge in [-0.15, -0.1) is 5.10 Å². The van der Waals surface area contributed by atoms with Gasteiger partial charge in [-0.2, -0.15) is 4.68 Å². The van der Waals surface area contributed by atoms with Crippen LogP contribution in [0, 0.1) is 5.82 Å². The monoisotopic (exact) mass is 367 g/mol. The van der Waals surface area contributed by atoms with E-state index in [0.29, 0.717) is 22.8 Å². The van der Waals surface area contributed by atoms with Gasteiger partial charge in [-0.05, 0) is 40.8 Å². The normalized spacial score (nSPS) is 10.8. The molecule has 0 radical (unpaired) electrons. The number of halogens is 3. The molecule has 0 bridgehead atoms. The number of anilines is 1. The van der Waals surface area contributed by atoms with Crippen molar-refractivity contribution in [2.75, 3.05) is 5.73 Å². The van der Waals surface area contributed by atoms with E-state index in [4.69, 9.17) is 17.3 Å². The first-order valence-electron chi connectivity index (χ1n) is 5.85. The molecule has 0 saturated heterocycles. The van der Waals surface area contributed by atoms with Crippen molar-refractivity contribution in [2.24, 2.45) is 0 Å². The Bertz CT molecular complexity index is 820. The molecule has 106 valence electrons. The molecule has 0 amide bonds. The molecule has 0 aliphatic rings. The Balaban J connectivity index is 2.17. The summed E-state index contributed by atoms with van der Waals surface area (Å²) in [5, 5.41) is 11.6. The van der Waals surface area contributed by atoms with Crippen molar-refractivity contribution in [3.05, 3.63) is 51.7 Å². The summed E-state index contributed by atoms with van der Waals surface area (Å²) in [4.78, 5) is 0. The lowest BCUT2D eigenvalue weighted by Crippen LogP contribution is -2.01. The second-order valence-electron chi connectivity index (χ2n) is 4.25. The summed E-state index contributed by atoms with van der Waals surface area (Å²) in [5.74, 6) is -0.0989. The fraction of sp³-hybridized carbons (Fsp3) is 0. The predicted molar refractivity (Wildman–Crippen MR) is 81.7 cm³/mol. The minimum Gasteiger partial charge on any atom is -0.399 e. The van der Waals surface area contributed by atoms with Gasteiger partial charge in [0.2, 0.25) is 0 Å². The molecule has 0 aliphatic carbocycles. The van der Waals surface area contributed by atoms with E-state index in [1.54, 1.807) is 24.3 Å². The van der Waals surface area contributed by atoms with Gasteiger partial charge in [-0.1, -0.05) is 27.5 Å². The molecule has 1 heterocycles. The van der Waals surface area contributed by atoms with Crippen LogP contribution in [0.25, 0.3) is 17.1 Å². The van der Waals surface area contributed by atoms with Crippen molar-refractivity contribution in [3.8, 4) is 17.1 Å². The van der Waals surface area contributed by atoms with Crippen molar-refractivity contribution in [1.82, 2.24) is 20.2 Å². The lowest BCUT2D eigenvalue weighted by atomic mass is 10.2. The smallest absolute Gasteiger partial charge is 0.188 e. The van der Waals surface area contributed by atoms with Crippen molar-refractivity contribution in [2.45, 2.75) is 0 Å². The number of tetrazole rings is 1. The third kappa shape index (κ3) is 2.62. The van der Waals surface area contributed by atoms with Crippen molar-refractivity contribution >= 4 is 33.2 Å². The van der Waals surface area contributed by atoms with E-state index >= 15 is 0 Å². The zero-order chi connectivity index (χ0) is 15.0. The molecule has 5 nitrogen and oxygen atoms in total. The third-order valence-electron chi connectivity index (χ3n) is 2.85. The SMILES string of the molecule is Nc1ccc(Br)c(-c2nnnn2-c2ccc(Cl)c(F)c2)c1. The molecule has 2 aromatic carbocycles. The first-order valence-corrected chi connectivity index (χ1v) is 7.02. The van der Waals surface area contributed by atoms with Gasteiger partial charge in [0.1, 0.15) is 5.82 Å². The highest BCUT2D eigenvalue weighted by Gasteiger charge is 2.15. The molecule has 8 heteroatoms. The Morgan fingerprint density at radius 2 is 2.00 bits per heavy atom. The Morgan fingerprint density at radius 1 is 1.19 bits per heavy atom. The van der Waals surface area contributed by atoms with E-state index in [0.717, 1.165) is 4.47 Å². The van der Waals surface area contributed by atoms with Gasteiger partial charge < -0.3 is 5.73 Å². The molecular weight excluding hydrogens is 361 g/mol. The maximum absolute atomic E-state index is 13.6. The predicted octanol–water partition coefficient (Wildman–Crippen LogP) is 3.47. The minimum atomic E-state index is -0.540. The van der Waals surface area contributed by atoms with Crippen LogP contribution in [-0.4, -0.2) is 20.2 Å². The highest BCUT2D eigenvalue weighted by atomic mass is 79.9. The van der Waals surface area contributed by atoms with Gasteiger partial charge in [0, 0.05) is 21.8 Å². The van der Waals surface area contributed by atoms with Crippen LogP contribution < -0.4 is 5.73 Å². The summed E-state index contributed by atoms with van der Waals surface area (Å²) in [7, 11) is 0. The first kappa shape index (κ1) is 14.0. The molecule has 0 fully saturated rings. The number of hydrogen-bond donors (Lipinski definition) is 1. The number of hydrogen-bond acceptors (Lipinski definition) is 4. The summed E-state index contributed by atoms with van der Waals surface area (Å²) in [6.45, 7) is 0. The van der Waals surface area contributed by atoms with Crippen LogP contribution in [0.15, 0.2) is 40.9 Å². The van der Waals surface area contributed by atoms with E-state index in [1.165, 1.54) is 16.8 Å². The summed E-state index contributed by atoms with van der Waals surface area (Å²) >= 11 is 9.11. The highest BCUT2D eigenvalue weighted by Crippen LogP contribution is 2.30. The van der Waals surface area contributed by atoms with Crippen LogP contribution in [0.3, 0.4) is 0 Å². The highest BCUT2D eigenvalue weighted by molar-refractivity contribution is 9.10. The topological polar surface area (TPSA) is 69.6 Å². The maximum atomic E-state index is 13.6. The molecule has 0 saturated carbocycles. The Hall–Kier alpha value is -1.99. The van der Waals surface area contributed by atoms with Crippen LogP contribution in [-0.2, 0) is 0 Å². The standard InChI is InChI=1S/C13H8BrClFN5/c14-10-3-1-7(17)5-9(10)13-18-19-20-21(13)8-2-4-11(15)12(16)6-8/h1-6H,17H2. The lowest BCUT2D eigenvalue weighted by molar-refractivity contribution is 0.625. The van der Waals surface area contributed by atoms with Crippen LogP contribution >= 0.6 is 27.5 Å². The number of nitrogens with zero attached hydrogens (tertiary/aromatic N) is 4. The van der Waals surface area contributed by atoms with Crippen molar-refractivity contribution in [3.63, 3.8) is 0 Å². The molecule has 0 spiro atoms. The Kier molecular flexibility index (Phi) is 3.60. The number of aromatic nitrogens is 4. The Morgan fingerprint density at radius 3 is 2.76 bits per heavy atom. The molecule has 21 heavy (non-hydrogen) atoms. The van der Waals surface area contributed by atoms with E-state index < -0.39 is 5.82 Å².